The van der Waals surface area contributed by atoms with Gasteiger partial charge in [-0.05, 0) is 31.4 Å². The van der Waals surface area contributed by atoms with Crippen molar-refractivity contribution in [2.24, 2.45) is 0 Å². The third kappa shape index (κ3) is 3.63. The average molecular weight is 236 g/mol. The van der Waals surface area contributed by atoms with Gasteiger partial charge >= 0.3 is 0 Å². The molecule has 1 heterocycles. The first-order valence-electron chi connectivity index (χ1n) is 6.49. The lowest BCUT2D eigenvalue weighted by molar-refractivity contribution is -0.904. The van der Waals surface area contributed by atoms with Gasteiger partial charge in [0.1, 0.15) is 13.2 Å². The van der Waals surface area contributed by atoms with Gasteiger partial charge in [0.05, 0.1) is 20.2 Å². The second kappa shape index (κ2) is 6.50. The highest BCUT2D eigenvalue weighted by Gasteiger charge is 2.13. The molecular formula is C14H22NO2+. The van der Waals surface area contributed by atoms with Crippen LogP contribution in [-0.2, 0) is 0 Å². The van der Waals surface area contributed by atoms with Crippen LogP contribution in [0.5, 0.6) is 11.5 Å². The van der Waals surface area contributed by atoms with Crippen molar-refractivity contribution in [1.82, 2.24) is 0 Å². The second-order valence-corrected chi connectivity index (χ2v) is 4.56. The van der Waals surface area contributed by atoms with Gasteiger partial charge in [0.15, 0.2) is 11.5 Å². The van der Waals surface area contributed by atoms with E-state index in [4.69, 9.17) is 9.47 Å². The smallest absolute Gasteiger partial charge is 0.161 e. The quantitative estimate of drug-likeness (QED) is 0.828. The van der Waals surface area contributed by atoms with Gasteiger partial charge < -0.3 is 14.4 Å². The Bertz CT molecular complexity index is 335. The molecule has 1 N–H and O–H groups in total. The molecule has 0 saturated carbocycles. The number of hydrogen-bond donors (Lipinski definition) is 1. The van der Waals surface area contributed by atoms with Crippen LogP contribution in [0, 0.1) is 0 Å². The Balaban J connectivity index is 1.77. The molecule has 1 saturated heterocycles. The van der Waals surface area contributed by atoms with E-state index in [0.717, 1.165) is 24.7 Å². The van der Waals surface area contributed by atoms with Crippen LogP contribution in [0.1, 0.15) is 19.3 Å². The number of methoxy groups -OCH3 is 1. The van der Waals surface area contributed by atoms with E-state index >= 15 is 0 Å². The highest BCUT2D eigenvalue weighted by molar-refractivity contribution is 5.39. The highest BCUT2D eigenvalue weighted by atomic mass is 16.5. The van der Waals surface area contributed by atoms with Crippen molar-refractivity contribution in [2.45, 2.75) is 19.3 Å². The summed E-state index contributed by atoms with van der Waals surface area (Å²) in [7, 11) is 1.68. The number of nitrogens with one attached hydrogen (secondary N) is 1. The molecule has 0 amide bonds. The number of benzene rings is 1. The maximum absolute atomic E-state index is 5.78. The first kappa shape index (κ1) is 12.2. The fourth-order valence-electron chi connectivity index (χ4n) is 2.35. The molecule has 1 aromatic carbocycles. The zero-order chi connectivity index (χ0) is 11.9. The van der Waals surface area contributed by atoms with E-state index in [0.29, 0.717) is 0 Å². The molecule has 0 atom stereocenters. The third-order valence-corrected chi connectivity index (χ3v) is 3.34. The van der Waals surface area contributed by atoms with E-state index in [-0.39, 0.29) is 0 Å². The summed E-state index contributed by atoms with van der Waals surface area (Å²) in [6.07, 6.45) is 4.13. The van der Waals surface area contributed by atoms with Crippen LogP contribution in [0.3, 0.4) is 0 Å². The van der Waals surface area contributed by atoms with E-state index in [2.05, 4.69) is 0 Å². The van der Waals surface area contributed by atoms with Gasteiger partial charge in [0.25, 0.3) is 0 Å². The van der Waals surface area contributed by atoms with Crippen LogP contribution in [0.25, 0.3) is 0 Å². The largest absolute Gasteiger partial charge is 0.493 e. The zero-order valence-corrected chi connectivity index (χ0v) is 10.6. The Hall–Kier alpha value is -1.22. The number of para-hydroxylation sites is 2. The van der Waals surface area contributed by atoms with Crippen LogP contribution >= 0.6 is 0 Å². The first-order valence-corrected chi connectivity index (χ1v) is 6.49. The SMILES string of the molecule is COc1ccccc1OCC[NH+]1CCCCC1. The van der Waals surface area contributed by atoms with Crippen LogP contribution in [0.15, 0.2) is 24.3 Å². The van der Waals surface area contributed by atoms with E-state index in [1.54, 1.807) is 12.0 Å². The van der Waals surface area contributed by atoms with Crippen LogP contribution < -0.4 is 14.4 Å². The minimum absolute atomic E-state index is 0.774. The summed E-state index contributed by atoms with van der Waals surface area (Å²) in [6.45, 7) is 4.47. The normalized spacial score (nSPS) is 16.8. The monoisotopic (exact) mass is 236 g/mol. The molecule has 0 unspecified atom stereocenters. The van der Waals surface area contributed by atoms with Gasteiger partial charge in [0.2, 0.25) is 0 Å². The van der Waals surface area contributed by atoms with E-state index in [1.165, 1.54) is 32.4 Å². The summed E-state index contributed by atoms with van der Waals surface area (Å²) in [5.74, 6) is 1.67. The Morgan fingerprint density at radius 2 is 1.76 bits per heavy atom. The molecule has 94 valence electrons. The summed E-state index contributed by atoms with van der Waals surface area (Å²) in [5.41, 5.74) is 0. The molecule has 0 aromatic heterocycles. The average Bonchev–Trinajstić information content (AvgIpc) is 2.40. The van der Waals surface area contributed by atoms with Crippen molar-refractivity contribution < 1.29 is 14.4 Å². The lowest BCUT2D eigenvalue weighted by Gasteiger charge is -2.23. The van der Waals surface area contributed by atoms with Crippen molar-refractivity contribution in [3.05, 3.63) is 24.3 Å². The van der Waals surface area contributed by atoms with Gasteiger partial charge in [-0.25, -0.2) is 0 Å². The van der Waals surface area contributed by atoms with Crippen LogP contribution in [0.4, 0.5) is 0 Å². The number of rotatable bonds is 5. The van der Waals surface area contributed by atoms with Crippen molar-refractivity contribution >= 4 is 0 Å². The molecule has 1 aromatic rings. The minimum Gasteiger partial charge on any atom is -0.493 e. The summed E-state index contributed by atoms with van der Waals surface area (Å²) in [6, 6.07) is 7.83. The van der Waals surface area contributed by atoms with Gasteiger partial charge in [0, 0.05) is 0 Å². The molecule has 1 fully saturated rings. The molecule has 0 aliphatic carbocycles. The number of ether oxygens (including phenoxy) is 2. The zero-order valence-electron chi connectivity index (χ0n) is 10.6. The Labute approximate surface area is 103 Å². The number of likely N-dealkylation sites (tertiary alicyclic amines) is 1. The first-order chi connectivity index (χ1) is 8.40. The predicted molar refractivity (Wildman–Crippen MR) is 67.9 cm³/mol. The van der Waals surface area contributed by atoms with Crippen molar-refractivity contribution in [1.29, 1.82) is 0 Å². The number of hydrogen-bond acceptors (Lipinski definition) is 2. The molecule has 3 nitrogen and oxygen atoms in total. The molecule has 17 heavy (non-hydrogen) atoms. The van der Waals surface area contributed by atoms with E-state index in [1.807, 2.05) is 24.3 Å². The number of piperidine rings is 1. The fourth-order valence-corrected chi connectivity index (χ4v) is 2.35. The summed E-state index contributed by atoms with van der Waals surface area (Å²) < 4.78 is 11.0. The summed E-state index contributed by atoms with van der Waals surface area (Å²) >= 11 is 0. The molecule has 0 bridgehead atoms. The van der Waals surface area contributed by atoms with Crippen molar-refractivity contribution in [3.63, 3.8) is 0 Å². The van der Waals surface area contributed by atoms with Gasteiger partial charge in [-0.1, -0.05) is 12.1 Å². The highest BCUT2D eigenvalue weighted by Crippen LogP contribution is 2.25. The molecule has 3 heteroatoms. The summed E-state index contributed by atoms with van der Waals surface area (Å²) in [5, 5.41) is 0. The molecule has 1 aliphatic rings. The van der Waals surface area contributed by atoms with Gasteiger partial charge in [-0.2, -0.15) is 0 Å². The Morgan fingerprint density at radius 3 is 2.47 bits per heavy atom. The minimum atomic E-state index is 0.774. The van der Waals surface area contributed by atoms with Gasteiger partial charge in [-0.15, -0.1) is 0 Å². The standard InChI is InChI=1S/C14H21NO2/c1-16-13-7-3-4-8-14(13)17-12-11-15-9-5-2-6-10-15/h3-4,7-8H,2,5-6,9-12H2,1H3/p+1. The maximum Gasteiger partial charge on any atom is 0.161 e. The van der Waals surface area contributed by atoms with Crippen LogP contribution in [-0.4, -0.2) is 33.4 Å². The van der Waals surface area contributed by atoms with E-state index < -0.39 is 0 Å². The topological polar surface area (TPSA) is 22.9 Å². The molecular weight excluding hydrogens is 214 g/mol. The lowest BCUT2D eigenvalue weighted by atomic mass is 10.1. The Morgan fingerprint density at radius 1 is 1.06 bits per heavy atom. The van der Waals surface area contributed by atoms with Crippen LogP contribution in [0.2, 0.25) is 0 Å². The summed E-state index contributed by atoms with van der Waals surface area (Å²) in [4.78, 5) is 1.67. The second-order valence-electron chi connectivity index (χ2n) is 4.56. The Kier molecular flexibility index (Phi) is 4.68. The third-order valence-electron chi connectivity index (χ3n) is 3.34. The number of quaternary nitrogens is 1. The molecule has 0 spiro atoms. The maximum atomic E-state index is 5.78. The van der Waals surface area contributed by atoms with E-state index in [9.17, 15) is 0 Å². The van der Waals surface area contributed by atoms with Gasteiger partial charge in [-0.3, -0.25) is 0 Å². The molecule has 2 rings (SSSR count). The predicted octanol–water partition coefficient (Wildman–Crippen LogP) is 1.14. The lowest BCUT2D eigenvalue weighted by Crippen LogP contribution is -3.13. The fraction of sp³-hybridized carbons (Fsp3) is 0.571. The van der Waals surface area contributed by atoms with Crippen molar-refractivity contribution in [2.75, 3.05) is 33.4 Å². The molecule has 0 radical (unpaired) electrons. The molecule has 1 aliphatic heterocycles. The van der Waals surface area contributed by atoms with Crippen molar-refractivity contribution in [3.8, 4) is 11.5 Å².